The summed E-state index contributed by atoms with van der Waals surface area (Å²) in [4.78, 5) is 11.7. The van der Waals surface area contributed by atoms with Gasteiger partial charge in [0.25, 0.3) is 0 Å². The number of halogens is 1. The first kappa shape index (κ1) is 12.0. The van der Waals surface area contributed by atoms with Gasteiger partial charge in [-0.25, -0.2) is 0 Å². The van der Waals surface area contributed by atoms with Crippen LogP contribution in [0.4, 0.5) is 0 Å². The molecule has 15 heavy (non-hydrogen) atoms. The Morgan fingerprint density at radius 3 is 2.53 bits per heavy atom. The highest BCUT2D eigenvalue weighted by Crippen LogP contribution is 2.12. The fraction of sp³-hybridized carbons (Fsp3) is 0.308. The summed E-state index contributed by atoms with van der Waals surface area (Å²) in [5, 5.41) is 0.577. The van der Waals surface area contributed by atoms with Crippen LogP contribution in [0.3, 0.4) is 0 Å². The zero-order chi connectivity index (χ0) is 11.4. The van der Waals surface area contributed by atoms with E-state index in [1.807, 2.05) is 31.2 Å². The van der Waals surface area contributed by atoms with Gasteiger partial charge in [-0.3, -0.25) is 4.79 Å². The Bertz CT molecular complexity index is 401. The Labute approximate surface area is 95.8 Å². The average molecular weight is 223 g/mol. The van der Waals surface area contributed by atoms with Crippen molar-refractivity contribution >= 4 is 17.4 Å². The average Bonchev–Trinajstić information content (AvgIpc) is 2.16. The first-order valence-corrected chi connectivity index (χ1v) is 5.30. The van der Waals surface area contributed by atoms with E-state index in [0.29, 0.717) is 17.0 Å². The molecule has 1 aromatic rings. The molecule has 1 aromatic carbocycles. The van der Waals surface area contributed by atoms with Crippen molar-refractivity contribution in [3.63, 3.8) is 0 Å². The smallest absolute Gasteiger partial charge is 0.164 e. The number of carbonyl (C=O) groups is 1. The fourth-order valence-corrected chi connectivity index (χ4v) is 1.44. The maximum Gasteiger partial charge on any atom is 0.164 e. The molecule has 0 bridgehead atoms. The van der Waals surface area contributed by atoms with Gasteiger partial charge in [-0.2, -0.15) is 0 Å². The first-order chi connectivity index (χ1) is 7.00. The Morgan fingerprint density at radius 2 is 2.00 bits per heavy atom. The molecule has 0 atom stereocenters. The molecule has 2 heteroatoms. The second-order valence-corrected chi connectivity index (χ2v) is 4.31. The summed E-state index contributed by atoms with van der Waals surface area (Å²) < 4.78 is 0. The van der Waals surface area contributed by atoms with E-state index in [9.17, 15) is 4.79 Å². The Kier molecular flexibility index (Phi) is 4.10. The third kappa shape index (κ3) is 3.52. The number of Topliss-reactive ketones (excluding diaryl/α,β-unsaturated/α-hetero) is 1. The van der Waals surface area contributed by atoms with Gasteiger partial charge in [0.2, 0.25) is 0 Å². The van der Waals surface area contributed by atoms with E-state index in [1.165, 1.54) is 5.56 Å². The van der Waals surface area contributed by atoms with Gasteiger partial charge in [-0.15, -0.1) is 0 Å². The number of rotatable bonds is 3. The molecule has 1 nitrogen and oxygen atoms in total. The molecule has 0 N–H and O–H groups in total. The Balaban J connectivity index is 2.80. The topological polar surface area (TPSA) is 17.1 Å². The van der Waals surface area contributed by atoms with Gasteiger partial charge in [-0.1, -0.05) is 41.4 Å². The lowest BCUT2D eigenvalue weighted by atomic mass is 10.0. The SMILES string of the molecule is C/C(Cl)=C(\C)C(=O)Cc1cccc(C)c1. The maximum atomic E-state index is 11.7. The van der Waals surface area contributed by atoms with E-state index in [4.69, 9.17) is 11.6 Å². The van der Waals surface area contributed by atoms with Crippen LogP contribution in [0.1, 0.15) is 25.0 Å². The third-order valence-corrected chi connectivity index (χ3v) is 2.67. The van der Waals surface area contributed by atoms with Crippen molar-refractivity contribution in [2.24, 2.45) is 0 Å². The second-order valence-electron chi connectivity index (χ2n) is 3.75. The molecular weight excluding hydrogens is 208 g/mol. The van der Waals surface area contributed by atoms with E-state index < -0.39 is 0 Å². The van der Waals surface area contributed by atoms with Gasteiger partial charge >= 0.3 is 0 Å². The standard InChI is InChI=1S/C13H15ClO/c1-9-5-4-6-12(7-9)8-13(15)10(2)11(3)14/h4-7H,8H2,1-3H3/b11-10-. The van der Waals surface area contributed by atoms with Crippen LogP contribution in [-0.4, -0.2) is 5.78 Å². The van der Waals surface area contributed by atoms with E-state index in [1.54, 1.807) is 13.8 Å². The number of allylic oxidation sites excluding steroid dienone is 2. The number of hydrogen-bond donors (Lipinski definition) is 0. The Hall–Kier alpha value is -1.08. The molecule has 0 saturated carbocycles. The molecule has 0 aliphatic carbocycles. The van der Waals surface area contributed by atoms with Crippen molar-refractivity contribution in [3.05, 3.63) is 46.0 Å². The number of hydrogen-bond acceptors (Lipinski definition) is 1. The van der Waals surface area contributed by atoms with Crippen LogP contribution in [0.25, 0.3) is 0 Å². The molecule has 0 spiro atoms. The maximum absolute atomic E-state index is 11.7. The van der Waals surface area contributed by atoms with Gasteiger partial charge < -0.3 is 0 Å². The highest BCUT2D eigenvalue weighted by molar-refractivity contribution is 6.31. The lowest BCUT2D eigenvalue weighted by molar-refractivity contribution is -0.114. The summed E-state index contributed by atoms with van der Waals surface area (Å²) in [5.41, 5.74) is 2.86. The summed E-state index contributed by atoms with van der Waals surface area (Å²) in [6, 6.07) is 7.96. The van der Waals surface area contributed by atoms with E-state index >= 15 is 0 Å². The van der Waals surface area contributed by atoms with Crippen molar-refractivity contribution in [1.29, 1.82) is 0 Å². The second kappa shape index (κ2) is 5.13. The van der Waals surface area contributed by atoms with Crippen LogP contribution < -0.4 is 0 Å². The first-order valence-electron chi connectivity index (χ1n) is 4.92. The van der Waals surface area contributed by atoms with Gasteiger partial charge in [-0.05, 0) is 26.3 Å². The van der Waals surface area contributed by atoms with Crippen LogP contribution in [0.5, 0.6) is 0 Å². The number of aryl methyl sites for hydroxylation is 1. The molecule has 0 aliphatic heterocycles. The molecule has 0 aliphatic rings. The highest BCUT2D eigenvalue weighted by Gasteiger charge is 2.07. The molecule has 0 amide bonds. The minimum absolute atomic E-state index is 0.0908. The molecule has 0 heterocycles. The molecule has 80 valence electrons. The van der Waals surface area contributed by atoms with Crippen LogP contribution in [0.15, 0.2) is 34.9 Å². The highest BCUT2D eigenvalue weighted by atomic mass is 35.5. The van der Waals surface area contributed by atoms with E-state index in [2.05, 4.69) is 0 Å². The van der Waals surface area contributed by atoms with Gasteiger partial charge in [0.05, 0.1) is 0 Å². The van der Waals surface area contributed by atoms with Crippen molar-refractivity contribution in [2.45, 2.75) is 27.2 Å². The van der Waals surface area contributed by atoms with E-state index in [-0.39, 0.29) is 5.78 Å². The summed E-state index contributed by atoms with van der Waals surface area (Å²) in [7, 11) is 0. The summed E-state index contributed by atoms with van der Waals surface area (Å²) in [5.74, 6) is 0.0908. The van der Waals surface area contributed by atoms with Crippen molar-refractivity contribution in [2.75, 3.05) is 0 Å². The fourth-order valence-electron chi connectivity index (χ4n) is 1.33. The zero-order valence-corrected chi connectivity index (χ0v) is 10.1. The zero-order valence-electron chi connectivity index (χ0n) is 9.30. The summed E-state index contributed by atoms with van der Waals surface area (Å²) in [6.07, 6.45) is 0.428. The van der Waals surface area contributed by atoms with Gasteiger partial charge in [0, 0.05) is 17.0 Å². The molecule has 1 rings (SSSR count). The van der Waals surface area contributed by atoms with Crippen LogP contribution in [0.2, 0.25) is 0 Å². The van der Waals surface area contributed by atoms with Crippen LogP contribution in [0, 0.1) is 6.92 Å². The number of ketones is 1. The number of benzene rings is 1. The van der Waals surface area contributed by atoms with Gasteiger partial charge in [0.15, 0.2) is 5.78 Å². The van der Waals surface area contributed by atoms with Crippen molar-refractivity contribution in [3.8, 4) is 0 Å². The molecule has 0 unspecified atom stereocenters. The monoisotopic (exact) mass is 222 g/mol. The normalized spacial score (nSPS) is 12.3. The lowest BCUT2D eigenvalue weighted by Crippen LogP contribution is -2.05. The molecule has 0 radical (unpaired) electrons. The van der Waals surface area contributed by atoms with Crippen LogP contribution in [-0.2, 0) is 11.2 Å². The molecule has 0 saturated heterocycles. The van der Waals surface area contributed by atoms with Gasteiger partial charge in [0.1, 0.15) is 0 Å². The summed E-state index contributed by atoms with van der Waals surface area (Å²) in [6.45, 7) is 5.52. The lowest BCUT2D eigenvalue weighted by Gasteiger charge is -2.03. The quantitative estimate of drug-likeness (QED) is 0.714. The molecule has 0 fully saturated rings. The minimum atomic E-state index is 0.0908. The molecular formula is C13H15ClO. The predicted octanol–water partition coefficient (Wildman–Crippen LogP) is 3.64. The largest absolute Gasteiger partial charge is 0.294 e. The Morgan fingerprint density at radius 1 is 1.33 bits per heavy atom. The third-order valence-electron chi connectivity index (χ3n) is 2.38. The number of carbonyl (C=O) groups excluding carboxylic acids is 1. The van der Waals surface area contributed by atoms with Crippen molar-refractivity contribution < 1.29 is 4.79 Å². The van der Waals surface area contributed by atoms with Crippen LogP contribution >= 0.6 is 11.6 Å². The van der Waals surface area contributed by atoms with E-state index in [0.717, 1.165) is 5.56 Å². The predicted molar refractivity (Wildman–Crippen MR) is 64.1 cm³/mol. The summed E-state index contributed by atoms with van der Waals surface area (Å²) >= 11 is 5.78. The molecule has 0 aromatic heterocycles. The minimum Gasteiger partial charge on any atom is -0.294 e. The van der Waals surface area contributed by atoms with Crippen molar-refractivity contribution in [1.82, 2.24) is 0 Å².